The summed E-state index contributed by atoms with van der Waals surface area (Å²) in [6.07, 6.45) is 2.10. The molecular weight excluding hydrogens is 456 g/mol. The van der Waals surface area contributed by atoms with Gasteiger partial charge in [-0.25, -0.2) is 0 Å². The number of carbonyl (C=O) groups excluding carboxylic acids is 2. The zero-order chi connectivity index (χ0) is 22.6. The van der Waals surface area contributed by atoms with E-state index >= 15 is 0 Å². The van der Waals surface area contributed by atoms with E-state index in [1.54, 1.807) is 24.3 Å². The number of benzene rings is 2. The van der Waals surface area contributed by atoms with E-state index in [1.165, 1.54) is 0 Å². The van der Waals surface area contributed by atoms with Gasteiger partial charge in [0.15, 0.2) is 6.61 Å². The maximum atomic E-state index is 12.7. The zero-order valence-electron chi connectivity index (χ0n) is 18.7. The van der Waals surface area contributed by atoms with Crippen LogP contribution in [0.2, 0.25) is 0 Å². The summed E-state index contributed by atoms with van der Waals surface area (Å²) >= 11 is 3.50. The number of rotatable bonds is 5. The van der Waals surface area contributed by atoms with Crippen molar-refractivity contribution in [3.8, 4) is 5.75 Å². The lowest BCUT2D eigenvalue weighted by molar-refractivity contribution is -0.118. The molecule has 0 aliphatic carbocycles. The van der Waals surface area contributed by atoms with Crippen molar-refractivity contribution in [3.63, 3.8) is 0 Å². The highest BCUT2D eigenvalue weighted by molar-refractivity contribution is 9.10. The molecule has 2 amide bonds. The van der Waals surface area contributed by atoms with Gasteiger partial charge >= 0.3 is 0 Å². The maximum absolute atomic E-state index is 12.7. The van der Waals surface area contributed by atoms with Crippen molar-refractivity contribution in [2.45, 2.75) is 46.0 Å². The fraction of sp³-hybridized carbons (Fsp3) is 0.440. The van der Waals surface area contributed by atoms with Crippen molar-refractivity contribution in [2.24, 2.45) is 5.92 Å². The summed E-state index contributed by atoms with van der Waals surface area (Å²) in [7, 11) is 0. The van der Waals surface area contributed by atoms with Crippen LogP contribution >= 0.6 is 15.9 Å². The molecule has 0 unspecified atom stereocenters. The number of amides is 2. The summed E-state index contributed by atoms with van der Waals surface area (Å²) < 4.78 is 6.78. The van der Waals surface area contributed by atoms with Crippen LogP contribution in [-0.4, -0.2) is 36.4 Å². The predicted octanol–water partition coefficient (Wildman–Crippen LogP) is 5.64. The van der Waals surface area contributed by atoms with Gasteiger partial charge in [0.05, 0.1) is 0 Å². The molecule has 6 heteroatoms. The number of hydrogen-bond donors (Lipinski definition) is 1. The smallest absolute Gasteiger partial charge is 0.262 e. The first kappa shape index (κ1) is 23.3. The van der Waals surface area contributed by atoms with Gasteiger partial charge in [-0.3, -0.25) is 9.59 Å². The molecule has 1 N–H and O–H groups in total. The Kier molecular flexibility index (Phi) is 7.42. The topological polar surface area (TPSA) is 58.6 Å². The van der Waals surface area contributed by atoms with Crippen LogP contribution in [0.4, 0.5) is 5.69 Å². The molecule has 0 radical (unpaired) electrons. The average Bonchev–Trinajstić information content (AvgIpc) is 2.73. The fourth-order valence-electron chi connectivity index (χ4n) is 3.64. The molecule has 0 spiro atoms. The third-order valence-electron chi connectivity index (χ3n) is 5.59. The Morgan fingerprint density at radius 1 is 1.10 bits per heavy atom. The van der Waals surface area contributed by atoms with E-state index in [0.29, 0.717) is 22.9 Å². The monoisotopic (exact) mass is 486 g/mol. The summed E-state index contributed by atoms with van der Waals surface area (Å²) in [6, 6.07) is 12.9. The number of carbonyl (C=O) groups is 2. The minimum atomic E-state index is -0.244. The van der Waals surface area contributed by atoms with Gasteiger partial charge in [-0.2, -0.15) is 0 Å². The van der Waals surface area contributed by atoms with Crippen molar-refractivity contribution in [1.82, 2.24) is 4.90 Å². The van der Waals surface area contributed by atoms with E-state index in [2.05, 4.69) is 48.9 Å². The lowest BCUT2D eigenvalue weighted by Crippen LogP contribution is -2.37. The second kappa shape index (κ2) is 9.86. The Hall–Kier alpha value is -2.34. The van der Waals surface area contributed by atoms with Gasteiger partial charge in [0.2, 0.25) is 0 Å². The first-order chi connectivity index (χ1) is 14.6. The molecule has 3 rings (SSSR count). The van der Waals surface area contributed by atoms with E-state index in [0.717, 1.165) is 36.0 Å². The molecule has 1 fully saturated rings. The van der Waals surface area contributed by atoms with Gasteiger partial charge < -0.3 is 15.0 Å². The van der Waals surface area contributed by atoms with E-state index in [4.69, 9.17) is 4.74 Å². The third kappa shape index (κ3) is 6.33. The van der Waals surface area contributed by atoms with Crippen LogP contribution in [0.15, 0.2) is 46.9 Å². The second-order valence-corrected chi connectivity index (χ2v) is 10.2. The standard InChI is InChI=1S/C25H31BrN2O3/c1-17-11-13-28(14-12-17)24(30)18-5-8-20(9-6-18)27-23(29)16-31-22-10-7-19(26)15-21(22)25(2,3)4/h5-10,15,17H,11-14,16H2,1-4H3,(H,27,29). The van der Waals surface area contributed by atoms with Gasteiger partial charge in [0.25, 0.3) is 11.8 Å². The molecule has 1 heterocycles. The highest BCUT2D eigenvalue weighted by Crippen LogP contribution is 2.33. The number of anilines is 1. The molecule has 1 saturated heterocycles. The van der Waals surface area contributed by atoms with Crippen molar-refractivity contribution in [3.05, 3.63) is 58.1 Å². The lowest BCUT2D eigenvalue weighted by Gasteiger charge is -2.30. The van der Waals surface area contributed by atoms with Crippen molar-refractivity contribution in [1.29, 1.82) is 0 Å². The maximum Gasteiger partial charge on any atom is 0.262 e. The van der Waals surface area contributed by atoms with E-state index in [1.807, 2.05) is 23.1 Å². The van der Waals surface area contributed by atoms with Crippen LogP contribution in [0.3, 0.4) is 0 Å². The van der Waals surface area contributed by atoms with Crippen molar-refractivity contribution in [2.75, 3.05) is 25.0 Å². The molecule has 2 aromatic carbocycles. The molecule has 166 valence electrons. The zero-order valence-corrected chi connectivity index (χ0v) is 20.3. The molecule has 0 aromatic heterocycles. The second-order valence-electron chi connectivity index (χ2n) is 9.28. The first-order valence-corrected chi connectivity index (χ1v) is 11.5. The molecular formula is C25H31BrN2O3. The predicted molar refractivity (Wildman–Crippen MR) is 128 cm³/mol. The van der Waals surface area contributed by atoms with Gasteiger partial charge in [0, 0.05) is 34.4 Å². The Morgan fingerprint density at radius 2 is 1.74 bits per heavy atom. The quantitative estimate of drug-likeness (QED) is 0.594. The van der Waals surface area contributed by atoms with E-state index in [-0.39, 0.29) is 23.8 Å². The minimum absolute atomic E-state index is 0.0538. The largest absolute Gasteiger partial charge is 0.483 e. The molecule has 1 aliphatic rings. The summed E-state index contributed by atoms with van der Waals surface area (Å²) in [6.45, 7) is 10.1. The lowest BCUT2D eigenvalue weighted by atomic mass is 9.86. The highest BCUT2D eigenvalue weighted by Gasteiger charge is 2.22. The van der Waals surface area contributed by atoms with Gasteiger partial charge in [-0.1, -0.05) is 43.6 Å². The molecule has 0 saturated carbocycles. The molecule has 5 nitrogen and oxygen atoms in total. The van der Waals surface area contributed by atoms with E-state index < -0.39 is 0 Å². The van der Waals surface area contributed by atoms with Crippen LogP contribution < -0.4 is 10.1 Å². The number of nitrogens with one attached hydrogen (secondary N) is 1. The Labute approximate surface area is 193 Å². The van der Waals surface area contributed by atoms with Crippen molar-refractivity contribution < 1.29 is 14.3 Å². The number of piperidine rings is 1. The summed E-state index contributed by atoms with van der Waals surface area (Å²) in [5, 5.41) is 2.84. The average molecular weight is 487 g/mol. The Balaban J connectivity index is 1.56. The van der Waals surface area contributed by atoms with Crippen LogP contribution in [0.5, 0.6) is 5.75 Å². The van der Waals surface area contributed by atoms with E-state index in [9.17, 15) is 9.59 Å². The molecule has 1 aliphatic heterocycles. The first-order valence-electron chi connectivity index (χ1n) is 10.8. The Bertz CT molecular complexity index is 927. The SMILES string of the molecule is CC1CCN(C(=O)c2ccc(NC(=O)COc3ccc(Br)cc3C(C)(C)C)cc2)CC1. The summed E-state index contributed by atoms with van der Waals surface area (Å²) in [4.78, 5) is 27.0. The minimum Gasteiger partial charge on any atom is -0.483 e. The van der Waals surface area contributed by atoms with Crippen molar-refractivity contribution >= 4 is 33.4 Å². The molecule has 31 heavy (non-hydrogen) atoms. The molecule has 0 bridgehead atoms. The van der Waals surface area contributed by atoms with Gasteiger partial charge in [0.1, 0.15) is 5.75 Å². The summed E-state index contributed by atoms with van der Waals surface area (Å²) in [5.74, 6) is 1.19. The number of halogens is 1. The number of hydrogen-bond acceptors (Lipinski definition) is 3. The number of likely N-dealkylation sites (tertiary alicyclic amines) is 1. The van der Waals surface area contributed by atoms with Gasteiger partial charge in [-0.05, 0) is 66.6 Å². The van der Waals surface area contributed by atoms with Crippen LogP contribution in [0, 0.1) is 5.92 Å². The molecule has 0 atom stereocenters. The number of ether oxygens (including phenoxy) is 1. The fourth-order valence-corrected chi connectivity index (χ4v) is 4.01. The van der Waals surface area contributed by atoms with Crippen LogP contribution in [0.1, 0.15) is 56.5 Å². The third-order valence-corrected chi connectivity index (χ3v) is 6.09. The van der Waals surface area contributed by atoms with Gasteiger partial charge in [-0.15, -0.1) is 0 Å². The summed E-state index contributed by atoms with van der Waals surface area (Å²) in [5.41, 5.74) is 2.21. The van der Waals surface area contributed by atoms with Crippen LogP contribution in [0.25, 0.3) is 0 Å². The normalized spacial score (nSPS) is 14.9. The van der Waals surface area contributed by atoms with Crippen LogP contribution in [-0.2, 0) is 10.2 Å². The number of nitrogens with zero attached hydrogens (tertiary/aromatic N) is 1. The Morgan fingerprint density at radius 3 is 2.35 bits per heavy atom. The highest BCUT2D eigenvalue weighted by atomic mass is 79.9. The molecule has 2 aromatic rings.